The van der Waals surface area contributed by atoms with Crippen LogP contribution in [0.2, 0.25) is 0 Å². The van der Waals surface area contributed by atoms with Gasteiger partial charge in [-0.1, -0.05) is 12.5 Å². The van der Waals surface area contributed by atoms with Crippen LogP contribution in [0.3, 0.4) is 0 Å². The highest BCUT2D eigenvalue weighted by Crippen LogP contribution is 2.13. The zero-order valence-electron chi connectivity index (χ0n) is 6.22. The van der Waals surface area contributed by atoms with Gasteiger partial charge in [0.15, 0.2) is 0 Å². The Morgan fingerprint density at radius 3 is 3.00 bits per heavy atom. The summed E-state index contributed by atoms with van der Waals surface area (Å²) in [7, 11) is 1.93. The summed E-state index contributed by atoms with van der Waals surface area (Å²) in [6.07, 6.45) is 4.80. The molecule has 0 spiro atoms. The quantitative estimate of drug-likeness (QED) is 0.520. The summed E-state index contributed by atoms with van der Waals surface area (Å²) in [4.78, 5) is 0. The van der Waals surface area contributed by atoms with E-state index >= 15 is 0 Å². The second kappa shape index (κ2) is 2.97. The fourth-order valence-electron chi connectivity index (χ4n) is 1.08. The van der Waals surface area contributed by atoms with Crippen molar-refractivity contribution in [2.24, 2.45) is 5.92 Å². The monoisotopic (exact) mass is 137 g/mol. The molecule has 2 N–H and O–H groups in total. The van der Waals surface area contributed by atoms with Gasteiger partial charge < -0.3 is 17.6 Å². The standard InChI is InChI=1S/C8H13N2/c1-6-5-7(10-2)3-4-8(6)9/h3-4,6-7,9-10H,1,5H2,2H3/q-1/t6?,7-/m0/s1. The molecule has 1 aliphatic rings. The molecule has 1 rings (SSSR count). The third-order valence-electron chi connectivity index (χ3n) is 1.86. The van der Waals surface area contributed by atoms with Crippen molar-refractivity contribution >= 4 is 5.71 Å². The predicted molar refractivity (Wildman–Crippen MR) is 43.2 cm³/mol. The third-order valence-corrected chi connectivity index (χ3v) is 1.86. The highest BCUT2D eigenvalue weighted by Gasteiger charge is 2.11. The highest BCUT2D eigenvalue weighted by molar-refractivity contribution is 5.95. The number of hydrogen-bond acceptors (Lipinski definition) is 2. The van der Waals surface area contributed by atoms with E-state index in [9.17, 15) is 0 Å². The zero-order valence-corrected chi connectivity index (χ0v) is 6.22. The van der Waals surface area contributed by atoms with Gasteiger partial charge in [-0.2, -0.15) is 0 Å². The summed E-state index contributed by atoms with van der Waals surface area (Å²) in [5.41, 5.74) is 0.645. The molecule has 0 saturated carbocycles. The molecular formula is C8H13N2-. The van der Waals surface area contributed by atoms with Crippen LogP contribution in [0.25, 0.3) is 0 Å². The molecule has 56 valence electrons. The van der Waals surface area contributed by atoms with Crippen LogP contribution in [0.15, 0.2) is 12.2 Å². The fourth-order valence-corrected chi connectivity index (χ4v) is 1.08. The zero-order chi connectivity index (χ0) is 7.56. The first-order chi connectivity index (χ1) is 4.74. The number of rotatable bonds is 1. The topological polar surface area (TPSA) is 35.9 Å². The molecule has 2 nitrogen and oxygen atoms in total. The minimum atomic E-state index is 0.169. The maximum absolute atomic E-state index is 7.38. The summed E-state index contributed by atoms with van der Waals surface area (Å²) < 4.78 is 0. The molecule has 1 unspecified atom stereocenters. The van der Waals surface area contributed by atoms with Crippen LogP contribution < -0.4 is 5.32 Å². The minimum Gasteiger partial charge on any atom is -0.334 e. The largest absolute Gasteiger partial charge is 0.334 e. The Labute approximate surface area is 61.8 Å². The van der Waals surface area contributed by atoms with E-state index in [1.54, 1.807) is 0 Å². The van der Waals surface area contributed by atoms with Gasteiger partial charge in [-0.05, 0) is 13.1 Å². The summed E-state index contributed by atoms with van der Waals surface area (Å²) in [5.74, 6) is 0.169. The van der Waals surface area contributed by atoms with Gasteiger partial charge >= 0.3 is 0 Å². The normalized spacial score (nSPS) is 32.8. The molecular weight excluding hydrogens is 124 g/mol. The molecule has 0 fully saturated rings. The van der Waals surface area contributed by atoms with Gasteiger partial charge in [0.1, 0.15) is 0 Å². The van der Waals surface area contributed by atoms with Crippen molar-refractivity contribution in [1.29, 1.82) is 5.41 Å². The maximum atomic E-state index is 7.38. The van der Waals surface area contributed by atoms with Gasteiger partial charge in [0.25, 0.3) is 0 Å². The molecule has 0 aliphatic heterocycles. The van der Waals surface area contributed by atoms with Crippen LogP contribution in [0.5, 0.6) is 0 Å². The first-order valence-electron chi connectivity index (χ1n) is 3.51. The minimum absolute atomic E-state index is 0.169. The molecule has 0 aromatic carbocycles. The molecule has 0 bridgehead atoms. The summed E-state index contributed by atoms with van der Waals surface area (Å²) in [5, 5.41) is 10.5. The van der Waals surface area contributed by atoms with Crippen molar-refractivity contribution in [2.75, 3.05) is 7.05 Å². The lowest BCUT2D eigenvalue weighted by atomic mass is 9.91. The average molecular weight is 137 g/mol. The second-order valence-electron chi connectivity index (χ2n) is 2.64. The van der Waals surface area contributed by atoms with Gasteiger partial charge in [0, 0.05) is 11.8 Å². The molecule has 0 heterocycles. The van der Waals surface area contributed by atoms with Gasteiger partial charge in [-0.15, -0.1) is 5.92 Å². The van der Waals surface area contributed by atoms with Crippen LogP contribution in [0.1, 0.15) is 6.42 Å². The Morgan fingerprint density at radius 1 is 1.80 bits per heavy atom. The Bertz CT molecular complexity index is 161. The average Bonchev–Trinajstić information content (AvgIpc) is 1.95. The van der Waals surface area contributed by atoms with Crippen LogP contribution >= 0.6 is 0 Å². The smallest absolute Gasteiger partial charge is 0.0232 e. The molecule has 2 heteroatoms. The van der Waals surface area contributed by atoms with Crippen LogP contribution in [-0.2, 0) is 0 Å². The van der Waals surface area contributed by atoms with E-state index < -0.39 is 0 Å². The van der Waals surface area contributed by atoms with Gasteiger partial charge in [0.2, 0.25) is 0 Å². The lowest BCUT2D eigenvalue weighted by Gasteiger charge is -2.26. The third kappa shape index (κ3) is 1.45. The van der Waals surface area contributed by atoms with Gasteiger partial charge in [-0.3, -0.25) is 0 Å². The molecule has 10 heavy (non-hydrogen) atoms. The Morgan fingerprint density at radius 2 is 2.50 bits per heavy atom. The van der Waals surface area contributed by atoms with E-state index in [4.69, 9.17) is 5.41 Å². The van der Waals surface area contributed by atoms with Crippen molar-refractivity contribution in [3.63, 3.8) is 0 Å². The first kappa shape index (κ1) is 7.48. The molecule has 0 radical (unpaired) electrons. The van der Waals surface area contributed by atoms with Crippen molar-refractivity contribution in [3.05, 3.63) is 19.1 Å². The lowest BCUT2D eigenvalue weighted by Crippen LogP contribution is -2.30. The van der Waals surface area contributed by atoms with Crippen molar-refractivity contribution < 1.29 is 0 Å². The Kier molecular flexibility index (Phi) is 2.22. The van der Waals surface area contributed by atoms with Crippen LogP contribution in [0.4, 0.5) is 0 Å². The molecule has 0 amide bonds. The van der Waals surface area contributed by atoms with E-state index in [-0.39, 0.29) is 5.92 Å². The summed E-state index contributed by atoms with van der Waals surface area (Å²) in [6.45, 7) is 3.86. The van der Waals surface area contributed by atoms with E-state index in [1.807, 2.05) is 19.2 Å². The number of likely N-dealkylation sites (N-methyl/N-ethyl adjacent to an activating group) is 1. The molecule has 0 saturated heterocycles. The predicted octanol–water partition coefficient (Wildman–Crippen LogP) is 1.00. The maximum Gasteiger partial charge on any atom is 0.0232 e. The van der Waals surface area contributed by atoms with E-state index in [0.717, 1.165) is 6.42 Å². The molecule has 0 aromatic rings. The SMILES string of the molecule is [CH2-]C1C[C@@H](NC)C=CC1=N. The molecule has 0 aromatic heterocycles. The summed E-state index contributed by atoms with van der Waals surface area (Å²) in [6, 6.07) is 0.414. The first-order valence-corrected chi connectivity index (χ1v) is 3.51. The fraction of sp³-hybridized carbons (Fsp3) is 0.500. The van der Waals surface area contributed by atoms with Gasteiger partial charge in [0.05, 0.1) is 0 Å². The van der Waals surface area contributed by atoms with Crippen molar-refractivity contribution in [3.8, 4) is 0 Å². The summed E-state index contributed by atoms with van der Waals surface area (Å²) >= 11 is 0. The van der Waals surface area contributed by atoms with E-state index in [1.165, 1.54) is 0 Å². The number of nitrogens with one attached hydrogen (secondary N) is 2. The van der Waals surface area contributed by atoms with Crippen molar-refractivity contribution in [1.82, 2.24) is 5.32 Å². The number of hydrogen-bond donors (Lipinski definition) is 2. The number of allylic oxidation sites excluding steroid dienone is 1. The lowest BCUT2D eigenvalue weighted by molar-refractivity contribution is 0.568. The van der Waals surface area contributed by atoms with Crippen molar-refractivity contribution in [2.45, 2.75) is 12.5 Å². The second-order valence-corrected chi connectivity index (χ2v) is 2.64. The van der Waals surface area contributed by atoms with Gasteiger partial charge in [-0.25, -0.2) is 0 Å². The van der Waals surface area contributed by atoms with E-state index in [0.29, 0.717) is 11.8 Å². The Balaban J connectivity index is 2.59. The highest BCUT2D eigenvalue weighted by atomic mass is 14.9. The molecule has 1 aliphatic carbocycles. The van der Waals surface area contributed by atoms with Crippen LogP contribution in [0, 0.1) is 18.3 Å². The van der Waals surface area contributed by atoms with E-state index in [2.05, 4.69) is 12.2 Å². The molecule has 2 atom stereocenters. The Hall–Kier alpha value is -0.630. The van der Waals surface area contributed by atoms with Crippen LogP contribution in [-0.4, -0.2) is 18.8 Å².